The van der Waals surface area contributed by atoms with Crippen molar-refractivity contribution in [3.05, 3.63) is 47.0 Å². The molecule has 2 aromatic heterocycles. The van der Waals surface area contributed by atoms with Crippen LogP contribution >= 0.6 is 11.8 Å². The number of hydrogen-bond acceptors (Lipinski definition) is 5. The number of nitrogens with two attached hydrogens (primary N) is 1. The molecule has 0 bridgehead atoms. The molecular formula is C12H12FN5S. The summed E-state index contributed by atoms with van der Waals surface area (Å²) in [4.78, 5) is 6.08. The molecule has 3 rings (SSSR count). The summed E-state index contributed by atoms with van der Waals surface area (Å²) in [6, 6.07) is 5.57. The van der Waals surface area contributed by atoms with Crippen LogP contribution < -0.4 is 10.6 Å². The summed E-state index contributed by atoms with van der Waals surface area (Å²) < 4.78 is 14.1. The van der Waals surface area contributed by atoms with E-state index in [1.54, 1.807) is 17.3 Å². The fourth-order valence-electron chi connectivity index (χ4n) is 1.98. The van der Waals surface area contributed by atoms with E-state index in [4.69, 9.17) is 5.73 Å². The van der Waals surface area contributed by atoms with E-state index in [1.165, 1.54) is 0 Å². The topological polar surface area (TPSA) is 70.8 Å². The van der Waals surface area contributed by atoms with Gasteiger partial charge in [-0.25, -0.2) is 4.98 Å². The van der Waals surface area contributed by atoms with E-state index in [2.05, 4.69) is 15.2 Å². The van der Waals surface area contributed by atoms with E-state index < -0.39 is 5.50 Å². The number of H-pyrrole nitrogens is 1. The van der Waals surface area contributed by atoms with Crippen LogP contribution in [0.5, 0.6) is 0 Å². The zero-order valence-electron chi connectivity index (χ0n) is 10.2. The number of pyridine rings is 1. The largest absolute Gasteiger partial charge is 0.302 e. The second-order valence-corrected chi connectivity index (χ2v) is 5.20. The summed E-state index contributed by atoms with van der Waals surface area (Å²) in [5, 5.41) is 6.20. The van der Waals surface area contributed by atoms with E-state index in [-0.39, 0.29) is 5.16 Å². The van der Waals surface area contributed by atoms with Gasteiger partial charge in [0.15, 0.2) is 5.16 Å². The first-order valence-electron chi connectivity index (χ1n) is 5.71. The molecule has 0 radical (unpaired) electrons. The van der Waals surface area contributed by atoms with Crippen LogP contribution in [0.4, 0.5) is 10.2 Å². The molecule has 1 aliphatic heterocycles. The van der Waals surface area contributed by atoms with Crippen molar-refractivity contribution < 1.29 is 4.39 Å². The zero-order chi connectivity index (χ0) is 13.4. The highest BCUT2D eigenvalue weighted by molar-refractivity contribution is 8.04. The third-order valence-electron chi connectivity index (χ3n) is 2.80. The van der Waals surface area contributed by atoms with Crippen LogP contribution in [0.1, 0.15) is 11.3 Å². The van der Waals surface area contributed by atoms with E-state index in [0.29, 0.717) is 17.1 Å². The molecule has 0 aliphatic carbocycles. The van der Waals surface area contributed by atoms with Gasteiger partial charge in [-0.1, -0.05) is 17.8 Å². The van der Waals surface area contributed by atoms with Gasteiger partial charge in [0.25, 0.3) is 0 Å². The molecule has 1 unspecified atom stereocenters. The van der Waals surface area contributed by atoms with E-state index in [9.17, 15) is 4.39 Å². The van der Waals surface area contributed by atoms with Crippen LogP contribution in [0, 0.1) is 6.92 Å². The highest BCUT2D eigenvalue weighted by atomic mass is 32.2. The molecule has 3 heterocycles. The van der Waals surface area contributed by atoms with Gasteiger partial charge in [0.05, 0.1) is 11.9 Å². The number of aromatic amines is 1. The number of aryl methyl sites for hydroxylation is 1. The fraction of sp³-hybridized carbons (Fsp3) is 0.167. The molecule has 2 aromatic rings. The Kier molecular flexibility index (Phi) is 3.00. The molecule has 0 saturated carbocycles. The molecule has 1 atom stereocenters. The fourth-order valence-corrected chi connectivity index (χ4v) is 2.84. The zero-order valence-corrected chi connectivity index (χ0v) is 11.0. The first kappa shape index (κ1) is 12.2. The van der Waals surface area contributed by atoms with Gasteiger partial charge >= 0.3 is 0 Å². The maximum Gasteiger partial charge on any atom is 0.184 e. The second kappa shape index (κ2) is 4.67. The summed E-state index contributed by atoms with van der Waals surface area (Å²) in [5.74, 6) is 0.629. The predicted octanol–water partition coefficient (Wildman–Crippen LogP) is 2.20. The van der Waals surface area contributed by atoms with E-state index in [0.717, 1.165) is 17.5 Å². The summed E-state index contributed by atoms with van der Waals surface area (Å²) in [7, 11) is 0. The van der Waals surface area contributed by atoms with Gasteiger partial charge in [-0.2, -0.15) is 9.49 Å². The molecule has 5 nitrogen and oxygen atoms in total. The smallest absolute Gasteiger partial charge is 0.184 e. The third kappa shape index (κ3) is 2.11. The molecule has 0 fully saturated rings. The lowest BCUT2D eigenvalue weighted by Crippen LogP contribution is -2.35. The Morgan fingerprint density at radius 3 is 3.00 bits per heavy atom. The van der Waals surface area contributed by atoms with E-state index >= 15 is 0 Å². The average Bonchev–Trinajstić information content (AvgIpc) is 2.96. The number of thioether (sulfide) groups is 1. The maximum absolute atomic E-state index is 14.1. The first-order valence-corrected chi connectivity index (χ1v) is 6.59. The van der Waals surface area contributed by atoms with Gasteiger partial charge in [0.1, 0.15) is 11.3 Å². The van der Waals surface area contributed by atoms with Crippen molar-refractivity contribution in [2.24, 2.45) is 5.73 Å². The predicted molar refractivity (Wildman–Crippen MR) is 73.6 cm³/mol. The van der Waals surface area contributed by atoms with Crippen LogP contribution in [0.2, 0.25) is 0 Å². The van der Waals surface area contributed by atoms with Gasteiger partial charge in [-0.05, 0) is 19.1 Å². The minimum absolute atomic E-state index is 0.322. The number of hydrogen-bond donors (Lipinski definition) is 2. The Hall–Kier alpha value is -1.86. The van der Waals surface area contributed by atoms with Gasteiger partial charge in [0.2, 0.25) is 0 Å². The Morgan fingerprint density at radius 1 is 1.47 bits per heavy atom. The van der Waals surface area contributed by atoms with Crippen molar-refractivity contribution in [2.75, 3.05) is 4.90 Å². The van der Waals surface area contributed by atoms with Crippen molar-refractivity contribution >= 4 is 23.3 Å². The molecule has 0 amide bonds. The summed E-state index contributed by atoms with van der Waals surface area (Å²) in [6.07, 6.45) is 3.20. The quantitative estimate of drug-likeness (QED) is 0.880. The molecule has 1 aliphatic rings. The third-order valence-corrected chi connectivity index (χ3v) is 3.65. The van der Waals surface area contributed by atoms with Crippen LogP contribution in [0.25, 0.3) is 5.70 Å². The molecular weight excluding hydrogens is 265 g/mol. The molecule has 19 heavy (non-hydrogen) atoms. The average molecular weight is 277 g/mol. The monoisotopic (exact) mass is 277 g/mol. The van der Waals surface area contributed by atoms with Crippen LogP contribution in [0.3, 0.4) is 0 Å². The van der Waals surface area contributed by atoms with Gasteiger partial charge in [-0.3, -0.25) is 10.00 Å². The molecule has 3 N–H and O–H groups in total. The number of anilines is 1. The molecule has 0 spiro atoms. The Labute approximate surface area is 113 Å². The van der Waals surface area contributed by atoms with Gasteiger partial charge in [-0.15, -0.1) is 0 Å². The Morgan fingerprint density at radius 2 is 2.32 bits per heavy atom. The van der Waals surface area contributed by atoms with Gasteiger partial charge < -0.3 is 5.73 Å². The number of nitrogens with one attached hydrogen (secondary N) is 1. The van der Waals surface area contributed by atoms with Crippen molar-refractivity contribution in [1.29, 1.82) is 0 Å². The van der Waals surface area contributed by atoms with Crippen molar-refractivity contribution in [2.45, 2.75) is 12.4 Å². The van der Waals surface area contributed by atoms with E-state index in [1.807, 2.05) is 25.1 Å². The number of halogens is 1. The van der Waals surface area contributed by atoms with Crippen molar-refractivity contribution in [3.63, 3.8) is 0 Å². The SMILES string of the molecule is Cc1cccc(N2C(c3cn[nH]c3)=C(F)SC2N)n1. The molecule has 98 valence electrons. The number of aromatic nitrogens is 3. The van der Waals surface area contributed by atoms with Crippen LogP contribution in [-0.4, -0.2) is 20.7 Å². The van der Waals surface area contributed by atoms with Crippen molar-refractivity contribution in [1.82, 2.24) is 15.2 Å². The lowest BCUT2D eigenvalue weighted by molar-refractivity contribution is 0.703. The second-order valence-electron chi connectivity index (χ2n) is 4.12. The first-order chi connectivity index (χ1) is 9.16. The standard InChI is InChI=1S/C12H12FN5S/c1-7-3-2-4-9(17-7)18-10(8-5-15-16-6-8)11(13)19-12(18)14/h2-6,12H,14H2,1H3,(H,15,16). The molecule has 7 heteroatoms. The maximum atomic E-state index is 14.1. The highest BCUT2D eigenvalue weighted by Crippen LogP contribution is 2.43. The Bertz CT molecular complexity index is 625. The van der Waals surface area contributed by atoms with Gasteiger partial charge in [0, 0.05) is 17.5 Å². The lowest BCUT2D eigenvalue weighted by Gasteiger charge is -2.24. The summed E-state index contributed by atoms with van der Waals surface area (Å²) in [5.41, 5.74) is 7.37. The van der Waals surface area contributed by atoms with Crippen LogP contribution in [-0.2, 0) is 0 Å². The highest BCUT2D eigenvalue weighted by Gasteiger charge is 2.34. The summed E-state index contributed by atoms with van der Waals surface area (Å²) >= 11 is 0.971. The normalized spacial score (nSPS) is 19.3. The number of nitrogens with zero attached hydrogens (tertiary/aromatic N) is 3. The lowest BCUT2D eigenvalue weighted by atomic mass is 10.2. The van der Waals surface area contributed by atoms with Crippen molar-refractivity contribution in [3.8, 4) is 0 Å². The Balaban J connectivity index is 2.08. The molecule has 0 aromatic carbocycles. The summed E-state index contributed by atoms with van der Waals surface area (Å²) in [6.45, 7) is 1.88. The van der Waals surface area contributed by atoms with Crippen LogP contribution in [0.15, 0.2) is 35.8 Å². The molecule has 0 saturated heterocycles. The minimum Gasteiger partial charge on any atom is -0.302 e. The number of rotatable bonds is 2. The minimum atomic E-state index is -0.529.